The van der Waals surface area contributed by atoms with Crippen LogP contribution in [0.4, 0.5) is 15.8 Å². The SMILES string of the molecule is COCc1c(C(=O)Nc2ccc(N3CCOCC3)cc2)sc2cccc(F)c12. The van der Waals surface area contributed by atoms with Gasteiger partial charge in [-0.3, -0.25) is 4.79 Å². The van der Waals surface area contributed by atoms with Gasteiger partial charge in [-0.15, -0.1) is 11.3 Å². The molecule has 1 fully saturated rings. The van der Waals surface area contributed by atoms with Crippen molar-refractivity contribution in [1.29, 1.82) is 0 Å². The van der Waals surface area contributed by atoms with E-state index in [0.29, 0.717) is 21.5 Å². The lowest BCUT2D eigenvalue weighted by molar-refractivity contribution is 0.102. The number of hydrogen-bond acceptors (Lipinski definition) is 5. The molecule has 1 saturated heterocycles. The van der Waals surface area contributed by atoms with Crippen molar-refractivity contribution >= 4 is 38.7 Å². The van der Waals surface area contributed by atoms with E-state index >= 15 is 0 Å². The molecule has 5 nitrogen and oxygen atoms in total. The Bertz CT molecular complexity index is 981. The Labute approximate surface area is 166 Å². The number of nitrogens with zero attached hydrogens (tertiary/aromatic N) is 1. The largest absolute Gasteiger partial charge is 0.380 e. The van der Waals surface area contributed by atoms with Crippen LogP contribution in [0.25, 0.3) is 10.1 Å². The second kappa shape index (κ2) is 8.26. The fraction of sp³-hybridized carbons (Fsp3) is 0.286. The van der Waals surface area contributed by atoms with Crippen molar-refractivity contribution in [1.82, 2.24) is 0 Å². The van der Waals surface area contributed by atoms with Crippen LogP contribution >= 0.6 is 11.3 Å². The highest BCUT2D eigenvalue weighted by Crippen LogP contribution is 2.34. The molecule has 1 aliphatic heterocycles. The second-order valence-corrected chi connectivity index (χ2v) is 7.61. The summed E-state index contributed by atoms with van der Waals surface area (Å²) in [5.74, 6) is -0.596. The highest BCUT2D eigenvalue weighted by Gasteiger charge is 2.21. The predicted molar refractivity (Wildman–Crippen MR) is 110 cm³/mol. The predicted octanol–water partition coefficient (Wildman–Crippen LogP) is 4.28. The lowest BCUT2D eigenvalue weighted by Gasteiger charge is -2.28. The minimum Gasteiger partial charge on any atom is -0.380 e. The third-order valence-electron chi connectivity index (χ3n) is 4.76. The van der Waals surface area contributed by atoms with Crippen molar-refractivity contribution in [3.05, 3.63) is 58.7 Å². The molecule has 0 aliphatic carbocycles. The summed E-state index contributed by atoms with van der Waals surface area (Å²) < 4.78 is 25.6. The zero-order valence-electron chi connectivity index (χ0n) is 15.5. The summed E-state index contributed by atoms with van der Waals surface area (Å²) in [5.41, 5.74) is 2.39. The molecule has 1 N–H and O–H groups in total. The van der Waals surface area contributed by atoms with Gasteiger partial charge in [-0.1, -0.05) is 6.07 Å². The number of halogens is 1. The summed E-state index contributed by atoms with van der Waals surface area (Å²) in [7, 11) is 1.54. The van der Waals surface area contributed by atoms with Crippen LogP contribution in [0.3, 0.4) is 0 Å². The van der Waals surface area contributed by atoms with E-state index in [9.17, 15) is 9.18 Å². The molecule has 0 unspecified atom stereocenters. The van der Waals surface area contributed by atoms with Crippen molar-refractivity contribution < 1.29 is 18.7 Å². The Balaban J connectivity index is 1.56. The van der Waals surface area contributed by atoms with Crippen molar-refractivity contribution in [2.45, 2.75) is 6.61 Å². The Morgan fingerprint density at radius 1 is 1.21 bits per heavy atom. The summed E-state index contributed by atoms with van der Waals surface area (Å²) in [6.07, 6.45) is 0. The number of methoxy groups -OCH3 is 1. The van der Waals surface area contributed by atoms with Crippen LogP contribution in [-0.4, -0.2) is 39.3 Å². The average Bonchev–Trinajstić information content (AvgIpc) is 3.09. The van der Waals surface area contributed by atoms with E-state index in [4.69, 9.17) is 9.47 Å². The maximum Gasteiger partial charge on any atom is 0.266 e. The molecule has 146 valence electrons. The number of ether oxygens (including phenoxy) is 2. The van der Waals surface area contributed by atoms with E-state index in [-0.39, 0.29) is 18.3 Å². The summed E-state index contributed by atoms with van der Waals surface area (Å²) in [6, 6.07) is 12.6. The fourth-order valence-corrected chi connectivity index (χ4v) is 4.51. The van der Waals surface area contributed by atoms with Gasteiger partial charge in [0.25, 0.3) is 5.91 Å². The number of amides is 1. The average molecular weight is 400 g/mol. The summed E-state index contributed by atoms with van der Waals surface area (Å²) in [5, 5.41) is 3.38. The topological polar surface area (TPSA) is 50.8 Å². The quantitative estimate of drug-likeness (QED) is 0.695. The fourth-order valence-electron chi connectivity index (χ4n) is 3.40. The molecular weight excluding hydrogens is 379 g/mol. The Hall–Kier alpha value is -2.48. The standard InChI is InChI=1S/C21H21FN2O3S/c1-26-13-16-19-17(22)3-2-4-18(19)28-20(16)21(25)23-14-5-7-15(8-6-14)24-9-11-27-12-10-24/h2-8H,9-13H2,1H3,(H,23,25). The number of benzene rings is 2. The molecule has 0 saturated carbocycles. The van der Waals surface area contributed by atoms with E-state index in [1.165, 1.54) is 24.5 Å². The lowest BCUT2D eigenvalue weighted by Crippen LogP contribution is -2.36. The van der Waals surface area contributed by atoms with Gasteiger partial charge < -0.3 is 19.7 Å². The van der Waals surface area contributed by atoms with E-state index in [2.05, 4.69) is 10.2 Å². The number of nitrogens with one attached hydrogen (secondary N) is 1. The summed E-state index contributed by atoms with van der Waals surface area (Å²) in [6.45, 7) is 3.35. The van der Waals surface area contributed by atoms with Gasteiger partial charge in [-0.05, 0) is 36.4 Å². The van der Waals surface area contributed by atoms with Gasteiger partial charge in [0.15, 0.2) is 0 Å². The molecule has 3 aromatic rings. The van der Waals surface area contributed by atoms with Gasteiger partial charge in [0.2, 0.25) is 0 Å². The zero-order valence-corrected chi connectivity index (χ0v) is 16.4. The van der Waals surface area contributed by atoms with Crippen LogP contribution < -0.4 is 10.2 Å². The third kappa shape index (κ3) is 3.73. The molecular formula is C21H21FN2O3S. The van der Waals surface area contributed by atoms with Crippen molar-refractivity contribution in [2.75, 3.05) is 43.6 Å². The van der Waals surface area contributed by atoms with Crippen LogP contribution in [0.5, 0.6) is 0 Å². The maximum atomic E-state index is 14.3. The zero-order chi connectivity index (χ0) is 19.5. The van der Waals surface area contributed by atoms with Crippen LogP contribution in [0.15, 0.2) is 42.5 Å². The van der Waals surface area contributed by atoms with Crippen LogP contribution in [0.1, 0.15) is 15.2 Å². The monoisotopic (exact) mass is 400 g/mol. The van der Waals surface area contributed by atoms with Gasteiger partial charge in [-0.2, -0.15) is 0 Å². The number of hydrogen-bond donors (Lipinski definition) is 1. The van der Waals surface area contributed by atoms with Gasteiger partial charge >= 0.3 is 0 Å². The van der Waals surface area contributed by atoms with E-state index < -0.39 is 0 Å². The Morgan fingerprint density at radius 2 is 1.96 bits per heavy atom. The number of anilines is 2. The van der Waals surface area contributed by atoms with Gasteiger partial charge in [0, 0.05) is 47.2 Å². The van der Waals surface area contributed by atoms with E-state index in [0.717, 1.165) is 36.7 Å². The molecule has 0 atom stereocenters. The van der Waals surface area contributed by atoms with Gasteiger partial charge in [-0.25, -0.2) is 4.39 Å². The van der Waals surface area contributed by atoms with Crippen molar-refractivity contribution in [3.8, 4) is 0 Å². The van der Waals surface area contributed by atoms with Crippen LogP contribution in [-0.2, 0) is 16.1 Å². The van der Waals surface area contributed by atoms with Crippen LogP contribution in [0, 0.1) is 5.82 Å². The first-order valence-electron chi connectivity index (χ1n) is 9.10. The Morgan fingerprint density at radius 3 is 2.68 bits per heavy atom. The number of carbonyl (C=O) groups is 1. The van der Waals surface area contributed by atoms with E-state index in [1.54, 1.807) is 6.07 Å². The first kappa shape index (κ1) is 18.9. The highest BCUT2D eigenvalue weighted by atomic mass is 32.1. The highest BCUT2D eigenvalue weighted by molar-refractivity contribution is 7.21. The molecule has 1 aromatic heterocycles. The number of rotatable bonds is 5. The molecule has 28 heavy (non-hydrogen) atoms. The van der Waals surface area contributed by atoms with Crippen molar-refractivity contribution in [2.24, 2.45) is 0 Å². The minimum atomic E-state index is -0.338. The number of fused-ring (bicyclic) bond motifs is 1. The number of morpholine rings is 1. The van der Waals surface area contributed by atoms with Gasteiger partial charge in [0.05, 0.1) is 24.7 Å². The molecule has 7 heteroatoms. The molecule has 2 heterocycles. The minimum absolute atomic E-state index is 0.180. The molecule has 1 amide bonds. The molecule has 0 radical (unpaired) electrons. The first-order valence-corrected chi connectivity index (χ1v) is 9.92. The Kier molecular flexibility index (Phi) is 5.57. The molecule has 4 rings (SSSR count). The maximum absolute atomic E-state index is 14.3. The smallest absolute Gasteiger partial charge is 0.266 e. The molecule has 1 aliphatic rings. The van der Waals surface area contributed by atoms with E-state index in [1.807, 2.05) is 30.3 Å². The lowest BCUT2D eigenvalue weighted by atomic mass is 10.1. The van der Waals surface area contributed by atoms with Gasteiger partial charge in [0.1, 0.15) is 5.82 Å². The molecule has 2 aromatic carbocycles. The number of carbonyl (C=O) groups excluding carboxylic acids is 1. The number of thiophene rings is 1. The third-order valence-corrected chi connectivity index (χ3v) is 5.96. The molecule has 0 spiro atoms. The first-order chi connectivity index (χ1) is 13.7. The second-order valence-electron chi connectivity index (χ2n) is 6.56. The normalized spacial score (nSPS) is 14.4. The summed E-state index contributed by atoms with van der Waals surface area (Å²) >= 11 is 1.28. The summed E-state index contributed by atoms with van der Waals surface area (Å²) in [4.78, 5) is 15.6. The molecule has 0 bridgehead atoms. The van der Waals surface area contributed by atoms with Crippen LogP contribution in [0.2, 0.25) is 0 Å². The van der Waals surface area contributed by atoms with Crippen molar-refractivity contribution in [3.63, 3.8) is 0 Å².